The van der Waals surface area contributed by atoms with Crippen molar-refractivity contribution in [3.8, 4) is 66.8 Å². The Bertz CT molecular complexity index is 5930. The zero-order chi connectivity index (χ0) is 102. The highest BCUT2D eigenvalue weighted by Gasteiger charge is 2.34. The van der Waals surface area contributed by atoms with Crippen molar-refractivity contribution in [3.63, 3.8) is 0 Å². The number of aryl methyl sites for hydroxylation is 6. The molecule has 0 atom stereocenters. The largest absolute Gasteiger partial charge is 0.0654 e. The predicted molar refractivity (Wildman–Crippen MR) is 670 cm³/mol. The molecule has 0 spiro atoms. The number of fused-ring (bicyclic) bond motifs is 6. The van der Waals surface area contributed by atoms with E-state index in [0.29, 0.717) is 0 Å². The Labute approximate surface area is 906 Å². The van der Waals surface area contributed by atoms with Gasteiger partial charge >= 0.3 is 0 Å². The molecule has 19 aromatic carbocycles. The van der Waals surface area contributed by atoms with Crippen LogP contribution in [0, 0.1) is 0 Å². The van der Waals surface area contributed by atoms with E-state index in [2.05, 4.69) is 260 Å². The summed E-state index contributed by atoms with van der Waals surface area (Å²) in [6.45, 7) is 14.0. The number of rotatable bonds is 72. The van der Waals surface area contributed by atoms with E-state index >= 15 is 0 Å². The van der Waals surface area contributed by atoms with Crippen LogP contribution in [-0.4, -0.2) is 0 Å². The Hall–Kier alpha value is -10.1. The second kappa shape index (κ2) is 55.6. The highest BCUT2D eigenvalue weighted by Crippen LogP contribution is 2.63. The molecule has 0 N–H and O–H groups in total. The first kappa shape index (κ1) is 108. The van der Waals surface area contributed by atoms with E-state index in [4.69, 9.17) is 0 Å². The molecule has 19 rings (SSSR count). The molecule has 0 aliphatic carbocycles. The zero-order valence-electron chi connectivity index (χ0n) is 94.5. The van der Waals surface area contributed by atoms with Crippen molar-refractivity contribution in [3.05, 3.63) is 252 Å². The standard InChI is InChI=1S/C150H186/c1-7-13-19-25-31-37-43-49-55-61-67-109-73-85-115(86-74-109)121-97-127-129-99-122(116-87-75-110(76-88-116)68-62-56-50-44-38-32-26-20-14-8-2)101-131-133-103-124(118-91-79-112(80-92-118)70-64-58-52-46-40-34-28-22-16-10-4)105-135-137-107-126(120-95-83-114(84-96-120)72-66-60-54-48-42-36-30-24-18-12-6)108-138-136-106-125(119-93-81-113(82-94-119)71-65-59-53-47-41-35-29-23-17-11-5)104-134-132-102-123(117-89-77-111(78-90-117)69-63-57-51-45-39-33-27-21-15-9-3)100-130-128(98-121)139(127)145-146(140(129)131)148(142(133)135)150(144(137)138)149(143(134)136)147(145)141(130)132/h73-108H,7-72H2,1-6H3. The molecule has 0 saturated heterocycles. The van der Waals surface area contributed by atoms with Gasteiger partial charge in [-0.2, -0.15) is 0 Å². The summed E-state index contributed by atoms with van der Waals surface area (Å²) >= 11 is 0. The monoisotopic (exact) mass is 1990 g/mol. The molecule has 0 nitrogen and oxygen atoms in total. The van der Waals surface area contributed by atoms with Gasteiger partial charge in [-0.1, -0.05) is 534 Å². The smallest absolute Gasteiger partial charge is 0.0000469 e. The van der Waals surface area contributed by atoms with Crippen molar-refractivity contribution in [2.45, 2.75) is 465 Å². The number of benzene rings is 19. The minimum Gasteiger partial charge on any atom is -0.0654 e. The van der Waals surface area contributed by atoms with Gasteiger partial charge in [0, 0.05) is 0 Å². The maximum Gasteiger partial charge on any atom is -0.0000469 e. The molecule has 0 bridgehead atoms. The average Bonchev–Trinajstić information content (AvgIpc) is 0.638. The van der Waals surface area contributed by atoms with Crippen LogP contribution in [0.15, 0.2) is 218 Å². The van der Waals surface area contributed by atoms with Crippen molar-refractivity contribution in [2.24, 2.45) is 0 Å². The third-order valence-electron chi connectivity index (χ3n) is 36.2. The van der Waals surface area contributed by atoms with Crippen LogP contribution in [0.4, 0.5) is 0 Å². The van der Waals surface area contributed by atoms with E-state index in [0.717, 1.165) is 38.5 Å². The lowest BCUT2D eigenvalue weighted by molar-refractivity contribution is 0.556. The summed E-state index contributed by atoms with van der Waals surface area (Å²) in [4.78, 5) is 0. The topological polar surface area (TPSA) is 0 Å². The molecule has 0 saturated carbocycles. The van der Waals surface area contributed by atoms with E-state index in [1.165, 1.54) is 615 Å². The molecule has 0 unspecified atom stereocenters. The first-order chi connectivity index (χ1) is 74.3. The first-order valence-electron chi connectivity index (χ1n) is 63.2. The molecule has 150 heavy (non-hydrogen) atoms. The van der Waals surface area contributed by atoms with E-state index in [9.17, 15) is 0 Å². The highest BCUT2D eigenvalue weighted by molar-refractivity contribution is 6.61. The van der Waals surface area contributed by atoms with Crippen LogP contribution < -0.4 is 0 Å². The summed E-state index contributed by atoms with van der Waals surface area (Å²) in [5.74, 6) is 0. The van der Waals surface area contributed by atoms with Gasteiger partial charge in [-0.25, -0.2) is 0 Å². The second-order valence-corrected chi connectivity index (χ2v) is 47.7. The van der Waals surface area contributed by atoms with Crippen LogP contribution in [0.25, 0.3) is 196 Å². The molecular weight excluding hydrogens is 1800 g/mol. The third-order valence-corrected chi connectivity index (χ3v) is 36.2. The number of hydrogen-bond acceptors (Lipinski definition) is 0. The minimum absolute atomic E-state index is 1.13. The van der Waals surface area contributed by atoms with Gasteiger partial charge in [-0.3, -0.25) is 0 Å². The lowest BCUT2D eigenvalue weighted by atomic mass is 9.72. The van der Waals surface area contributed by atoms with Gasteiger partial charge in [0.05, 0.1) is 0 Å². The molecule has 0 aliphatic rings. The summed E-state index contributed by atoms with van der Waals surface area (Å²) in [5, 5.41) is 33.8. The SMILES string of the molecule is CCCCCCCCCCCCc1ccc(-c2cc3c4cc(-c5ccc(CCCCCCCCCCCC)cc5)cc5c6cc(-c7ccc(CCCCCCCCCCCC)cc7)cc7c8cc(-c9ccc(CCCCCCCCCCCC)cc9)cc9c%10cc(-c%11ccc(CCCCCCCCCCCC)cc%11)cc%11c%12cc(-c%13ccc(CCCCCCCCCCCC)cc%13)cc%13c(c2)c3c2c(c45)c(c67)c(c89)c(c%11%10)c2c%13%12)cc1. The van der Waals surface area contributed by atoms with Gasteiger partial charge in [0.2, 0.25) is 0 Å². The van der Waals surface area contributed by atoms with Crippen LogP contribution in [0.5, 0.6) is 0 Å². The van der Waals surface area contributed by atoms with Gasteiger partial charge < -0.3 is 0 Å². The Balaban J connectivity index is 0.825. The normalized spacial score (nSPS) is 12.4. The van der Waals surface area contributed by atoms with Crippen molar-refractivity contribution in [1.29, 1.82) is 0 Å². The Morgan fingerprint density at radius 3 is 0.287 bits per heavy atom. The summed E-state index contributed by atoms with van der Waals surface area (Å²) in [6, 6.07) is 92.7. The summed E-state index contributed by atoms with van der Waals surface area (Å²) < 4.78 is 0. The Morgan fingerprint density at radius 1 is 0.0933 bits per heavy atom. The van der Waals surface area contributed by atoms with Crippen LogP contribution >= 0.6 is 0 Å². The lowest BCUT2D eigenvalue weighted by Crippen LogP contribution is -2.02. The third kappa shape index (κ3) is 26.2. The van der Waals surface area contributed by atoms with Crippen molar-refractivity contribution < 1.29 is 0 Å². The fourth-order valence-electron chi connectivity index (χ4n) is 27.4. The van der Waals surface area contributed by atoms with Crippen LogP contribution in [0.3, 0.4) is 0 Å². The highest BCUT2D eigenvalue weighted by atomic mass is 14.4. The van der Waals surface area contributed by atoms with E-state index in [1.807, 2.05) is 0 Å². The van der Waals surface area contributed by atoms with Gasteiger partial charge in [-0.15, -0.1) is 0 Å². The van der Waals surface area contributed by atoms with E-state index in [1.54, 1.807) is 0 Å². The minimum atomic E-state index is 1.13. The number of unbranched alkanes of at least 4 members (excludes halogenated alkanes) is 54. The molecule has 786 valence electrons. The molecular formula is C150H186. The van der Waals surface area contributed by atoms with Crippen molar-refractivity contribution >= 4 is 129 Å². The fraction of sp³-hybridized carbons (Fsp3) is 0.480. The van der Waals surface area contributed by atoms with E-state index < -0.39 is 0 Å². The summed E-state index contributed by atoms with van der Waals surface area (Å²) in [6.07, 6.45) is 88.0. The van der Waals surface area contributed by atoms with Gasteiger partial charge in [0.25, 0.3) is 0 Å². The lowest BCUT2D eigenvalue weighted by Gasteiger charge is -2.30. The summed E-state index contributed by atoms with van der Waals surface area (Å²) in [7, 11) is 0. The molecule has 19 aromatic rings. The molecule has 0 amide bonds. The van der Waals surface area contributed by atoms with Gasteiger partial charge in [0.1, 0.15) is 0 Å². The molecule has 0 radical (unpaired) electrons. The van der Waals surface area contributed by atoms with Crippen LogP contribution in [-0.2, 0) is 38.5 Å². The summed E-state index contributed by atoms with van der Waals surface area (Å²) in [5.41, 5.74) is 24.4. The van der Waals surface area contributed by atoms with E-state index in [-0.39, 0.29) is 0 Å². The predicted octanol–water partition coefficient (Wildman–Crippen LogP) is 48.9. The number of hydrogen-bond donors (Lipinski definition) is 0. The molecule has 0 aromatic heterocycles. The average molecular weight is 1990 g/mol. The van der Waals surface area contributed by atoms with Gasteiger partial charge in [-0.05, 0) is 379 Å². The molecule has 0 aliphatic heterocycles. The Kier molecular flexibility index (Phi) is 40.1. The zero-order valence-corrected chi connectivity index (χ0v) is 94.5. The maximum absolute atomic E-state index is 2.71. The molecule has 0 heteroatoms. The van der Waals surface area contributed by atoms with Crippen molar-refractivity contribution in [2.75, 3.05) is 0 Å². The van der Waals surface area contributed by atoms with Gasteiger partial charge in [0.15, 0.2) is 0 Å². The van der Waals surface area contributed by atoms with Crippen LogP contribution in [0.2, 0.25) is 0 Å². The first-order valence-corrected chi connectivity index (χ1v) is 63.2. The Morgan fingerprint density at radius 2 is 0.187 bits per heavy atom. The second-order valence-electron chi connectivity index (χ2n) is 47.7. The fourth-order valence-corrected chi connectivity index (χ4v) is 27.4. The van der Waals surface area contributed by atoms with Crippen LogP contribution in [0.1, 0.15) is 460 Å². The van der Waals surface area contributed by atoms with Crippen molar-refractivity contribution in [1.82, 2.24) is 0 Å². The maximum atomic E-state index is 2.71. The molecule has 0 fully saturated rings. The molecule has 0 heterocycles. The quantitative estimate of drug-likeness (QED) is 0.0202.